The minimum Gasteiger partial charge on any atom is -0.359 e. The molecule has 17 heavy (non-hydrogen) atoms. The SMILES string of the molecule is Brc1cccc(C2OC2c2cccc(Br)c2)c1. The van der Waals surface area contributed by atoms with Crippen molar-refractivity contribution in [1.29, 1.82) is 0 Å². The predicted octanol–water partition coefficient (Wildman–Crippen LogP) is 5.02. The second-order valence-electron chi connectivity index (χ2n) is 4.09. The van der Waals surface area contributed by atoms with Gasteiger partial charge < -0.3 is 4.74 Å². The molecule has 0 radical (unpaired) electrons. The first-order chi connectivity index (χ1) is 8.24. The van der Waals surface area contributed by atoms with Crippen LogP contribution in [0.2, 0.25) is 0 Å². The summed E-state index contributed by atoms with van der Waals surface area (Å²) in [6.45, 7) is 0. The summed E-state index contributed by atoms with van der Waals surface area (Å²) < 4.78 is 7.95. The Morgan fingerprint density at radius 1 is 0.765 bits per heavy atom. The largest absolute Gasteiger partial charge is 0.359 e. The van der Waals surface area contributed by atoms with E-state index in [1.54, 1.807) is 0 Å². The van der Waals surface area contributed by atoms with E-state index in [-0.39, 0.29) is 12.2 Å². The van der Waals surface area contributed by atoms with Gasteiger partial charge in [0.2, 0.25) is 0 Å². The number of hydrogen-bond donors (Lipinski definition) is 0. The first-order valence-corrected chi connectivity index (χ1v) is 6.99. The topological polar surface area (TPSA) is 12.5 Å². The van der Waals surface area contributed by atoms with E-state index in [1.807, 2.05) is 24.3 Å². The van der Waals surface area contributed by atoms with Gasteiger partial charge in [-0.2, -0.15) is 0 Å². The molecular formula is C14H10Br2O. The van der Waals surface area contributed by atoms with Crippen LogP contribution in [0.3, 0.4) is 0 Å². The Bertz CT molecular complexity index is 504. The van der Waals surface area contributed by atoms with E-state index in [4.69, 9.17) is 4.74 Å². The fraction of sp³-hybridized carbons (Fsp3) is 0.143. The maximum absolute atomic E-state index is 5.76. The van der Waals surface area contributed by atoms with Crippen LogP contribution in [0.5, 0.6) is 0 Å². The number of hydrogen-bond acceptors (Lipinski definition) is 1. The van der Waals surface area contributed by atoms with Gasteiger partial charge in [-0.05, 0) is 35.4 Å². The number of benzene rings is 2. The molecule has 0 spiro atoms. The number of epoxide rings is 1. The highest BCUT2D eigenvalue weighted by molar-refractivity contribution is 9.10. The molecule has 0 aliphatic carbocycles. The zero-order valence-corrected chi connectivity index (χ0v) is 12.1. The van der Waals surface area contributed by atoms with Crippen LogP contribution in [0.25, 0.3) is 0 Å². The smallest absolute Gasteiger partial charge is 0.114 e. The molecule has 0 N–H and O–H groups in total. The Morgan fingerprint density at radius 2 is 1.24 bits per heavy atom. The van der Waals surface area contributed by atoms with Crippen molar-refractivity contribution in [2.24, 2.45) is 0 Å². The van der Waals surface area contributed by atoms with Crippen molar-refractivity contribution in [3.05, 3.63) is 68.6 Å². The molecule has 2 aromatic carbocycles. The molecule has 1 aliphatic rings. The van der Waals surface area contributed by atoms with Crippen molar-refractivity contribution in [3.63, 3.8) is 0 Å². The Hall–Kier alpha value is -0.640. The van der Waals surface area contributed by atoms with Gasteiger partial charge in [-0.25, -0.2) is 0 Å². The lowest BCUT2D eigenvalue weighted by Gasteiger charge is -1.98. The molecular weight excluding hydrogens is 344 g/mol. The fourth-order valence-corrected chi connectivity index (χ4v) is 2.82. The maximum atomic E-state index is 5.76. The standard InChI is InChI=1S/C14H10Br2O/c15-11-5-1-3-9(7-11)13-14(17-13)10-4-2-6-12(16)8-10/h1-8,13-14H. The van der Waals surface area contributed by atoms with Crippen LogP contribution >= 0.6 is 31.9 Å². The lowest BCUT2D eigenvalue weighted by Crippen LogP contribution is -1.84. The molecule has 1 aliphatic heterocycles. The maximum Gasteiger partial charge on any atom is 0.114 e. The summed E-state index contributed by atoms with van der Waals surface area (Å²) in [6, 6.07) is 16.6. The summed E-state index contributed by atoms with van der Waals surface area (Å²) in [5.41, 5.74) is 2.45. The second kappa shape index (κ2) is 4.56. The second-order valence-corrected chi connectivity index (χ2v) is 5.92. The third-order valence-corrected chi connectivity index (χ3v) is 3.83. The number of halogens is 2. The monoisotopic (exact) mass is 352 g/mol. The molecule has 1 nitrogen and oxygen atoms in total. The molecule has 3 heteroatoms. The van der Waals surface area contributed by atoms with Gasteiger partial charge in [0.15, 0.2) is 0 Å². The van der Waals surface area contributed by atoms with Gasteiger partial charge in [-0.1, -0.05) is 56.1 Å². The van der Waals surface area contributed by atoms with Crippen molar-refractivity contribution in [2.75, 3.05) is 0 Å². The Balaban J connectivity index is 1.83. The highest BCUT2D eigenvalue weighted by Crippen LogP contribution is 2.51. The van der Waals surface area contributed by atoms with Crippen LogP contribution in [0, 0.1) is 0 Å². The number of ether oxygens (including phenoxy) is 1. The summed E-state index contributed by atoms with van der Waals surface area (Å²) in [7, 11) is 0. The van der Waals surface area contributed by atoms with E-state index >= 15 is 0 Å². The van der Waals surface area contributed by atoms with Crippen molar-refractivity contribution >= 4 is 31.9 Å². The lowest BCUT2D eigenvalue weighted by molar-refractivity contribution is 0.377. The quantitative estimate of drug-likeness (QED) is 0.690. The van der Waals surface area contributed by atoms with Crippen LogP contribution in [0.1, 0.15) is 23.3 Å². The van der Waals surface area contributed by atoms with Gasteiger partial charge in [0.05, 0.1) is 0 Å². The van der Waals surface area contributed by atoms with Crippen molar-refractivity contribution in [1.82, 2.24) is 0 Å². The molecule has 86 valence electrons. The van der Waals surface area contributed by atoms with Crippen molar-refractivity contribution in [3.8, 4) is 0 Å². The van der Waals surface area contributed by atoms with E-state index in [2.05, 4.69) is 56.1 Å². The van der Waals surface area contributed by atoms with E-state index < -0.39 is 0 Å². The summed E-state index contributed by atoms with van der Waals surface area (Å²) in [5, 5.41) is 0. The van der Waals surface area contributed by atoms with Crippen LogP contribution in [-0.2, 0) is 4.74 Å². The predicted molar refractivity (Wildman–Crippen MR) is 74.9 cm³/mol. The number of rotatable bonds is 2. The Morgan fingerprint density at radius 3 is 1.65 bits per heavy atom. The average Bonchev–Trinajstić information content (AvgIpc) is 3.09. The molecule has 0 aromatic heterocycles. The van der Waals surface area contributed by atoms with Crippen LogP contribution < -0.4 is 0 Å². The molecule has 1 heterocycles. The highest BCUT2D eigenvalue weighted by atomic mass is 79.9. The van der Waals surface area contributed by atoms with Crippen LogP contribution in [-0.4, -0.2) is 0 Å². The molecule has 1 saturated heterocycles. The van der Waals surface area contributed by atoms with Crippen LogP contribution in [0.15, 0.2) is 57.5 Å². The third kappa shape index (κ3) is 2.46. The summed E-state index contributed by atoms with van der Waals surface area (Å²) in [6.07, 6.45) is 0.392. The zero-order valence-electron chi connectivity index (χ0n) is 8.94. The first kappa shape index (κ1) is 11.5. The van der Waals surface area contributed by atoms with E-state index in [9.17, 15) is 0 Å². The van der Waals surface area contributed by atoms with Gasteiger partial charge >= 0.3 is 0 Å². The molecule has 0 amide bonds. The van der Waals surface area contributed by atoms with Crippen molar-refractivity contribution in [2.45, 2.75) is 12.2 Å². The van der Waals surface area contributed by atoms with E-state index in [0.29, 0.717) is 0 Å². The van der Waals surface area contributed by atoms with Gasteiger partial charge in [0.25, 0.3) is 0 Å². The summed E-state index contributed by atoms with van der Waals surface area (Å²) >= 11 is 6.97. The minimum absolute atomic E-state index is 0.196. The van der Waals surface area contributed by atoms with Gasteiger partial charge in [-0.15, -0.1) is 0 Å². The van der Waals surface area contributed by atoms with E-state index in [1.165, 1.54) is 11.1 Å². The average molecular weight is 354 g/mol. The third-order valence-electron chi connectivity index (χ3n) is 2.85. The normalized spacial score (nSPS) is 22.5. The minimum atomic E-state index is 0.196. The molecule has 0 saturated carbocycles. The molecule has 1 fully saturated rings. The molecule has 2 unspecified atom stereocenters. The van der Waals surface area contributed by atoms with E-state index in [0.717, 1.165) is 8.95 Å². The van der Waals surface area contributed by atoms with Gasteiger partial charge in [0, 0.05) is 8.95 Å². The lowest BCUT2D eigenvalue weighted by atomic mass is 10.0. The highest BCUT2D eigenvalue weighted by Gasteiger charge is 2.41. The molecule has 3 rings (SSSR count). The van der Waals surface area contributed by atoms with Crippen LogP contribution in [0.4, 0.5) is 0 Å². The molecule has 2 atom stereocenters. The fourth-order valence-electron chi connectivity index (χ4n) is 1.99. The van der Waals surface area contributed by atoms with Crippen molar-refractivity contribution < 1.29 is 4.74 Å². The zero-order chi connectivity index (χ0) is 11.8. The van der Waals surface area contributed by atoms with Gasteiger partial charge in [0.1, 0.15) is 12.2 Å². The summed E-state index contributed by atoms with van der Waals surface area (Å²) in [4.78, 5) is 0. The summed E-state index contributed by atoms with van der Waals surface area (Å²) in [5.74, 6) is 0. The first-order valence-electron chi connectivity index (χ1n) is 5.40. The Labute approximate surface area is 117 Å². The Kier molecular flexibility index (Phi) is 3.07. The molecule has 0 bridgehead atoms. The van der Waals surface area contributed by atoms with Gasteiger partial charge in [-0.3, -0.25) is 0 Å². The molecule has 2 aromatic rings.